The summed E-state index contributed by atoms with van der Waals surface area (Å²) in [5, 5.41) is 0. The van der Waals surface area contributed by atoms with E-state index in [1.165, 1.54) is 6.08 Å². The first-order valence-corrected chi connectivity index (χ1v) is 5.23. The molecular weight excluding hydrogens is 247 g/mol. The van der Waals surface area contributed by atoms with E-state index in [0.29, 0.717) is 12.2 Å². The number of hydrogen-bond donors (Lipinski definition) is 0. The number of nitrogens with zero attached hydrogens (tertiary/aromatic N) is 1. The molecule has 2 aliphatic rings. The molecule has 0 fully saturated rings. The lowest BCUT2D eigenvalue weighted by molar-refractivity contribution is -0.183. The Bertz CT molecular complexity index is 472. The van der Waals surface area contributed by atoms with Crippen molar-refractivity contribution in [3.05, 3.63) is 47.9 Å². The molecule has 0 saturated heterocycles. The van der Waals surface area contributed by atoms with Crippen LogP contribution in [0.3, 0.4) is 0 Å². The lowest BCUT2D eigenvalue weighted by atomic mass is 10.1. The molecule has 0 bridgehead atoms. The van der Waals surface area contributed by atoms with Crippen molar-refractivity contribution in [1.82, 2.24) is 4.90 Å². The van der Waals surface area contributed by atoms with Crippen molar-refractivity contribution in [2.24, 2.45) is 0 Å². The van der Waals surface area contributed by atoms with E-state index in [2.05, 4.69) is 4.74 Å². The zero-order chi connectivity index (χ0) is 13.2. The van der Waals surface area contributed by atoms with Crippen molar-refractivity contribution >= 4 is 5.97 Å². The number of alkyl halides is 3. The van der Waals surface area contributed by atoms with Crippen LogP contribution in [-0.2, 0) is 9.53 Å². The van der Waals surface area contributed by atoms with Crippen molar-refractivity contribution in [3.63, 3.8) is 0 Å². The minimum absolute atomic E-state index is 0.131. The number of rotatable bonds is 2. The Morgan fingerprint density at radius 2 is 2.11 bits per heavy atom. The van der Waals surface area contributed by atoms with Crippen LogP contribution in [-0.4, -0.2) is 30.2 Å². The van der Waals surface area contributed by atoms with Gasteiger partial charge in [-0.2, -0.15) is 13.2 Å². The van der Waals surface area contributed by atoms with Gasteiger partial charge in [0.05, 0.1) is 11.3 Å². The van der Waals surface area contributed by atoms with Gasteiger partial charge >= 0.3 is 12.1 Å². The molecule has 0 saturated carbocycles. The number of ether oxygens (including phenoxy) is 1. The van der Waals surface area contributed by atoms with Crippen molar-refractivity contribution in [2.45, 2.75) is 6.18 Å². The highest BCUT2D eigenvalue weighted by Gasteiger charge is 2.31. The molecule has 0 radical (unpaired) electrons. The molecule has 3 nitrogen and oxygen atoms in total. The molecule has 2 aliphatic heterocycles. The van der Waals surface area contributed by atoms with Crippen molar-refractivity contribution in [3.8, 4) is 0 Å². The first-order valence-electron chi connectivity index (χ1n) is 5.23. The molecule has 0 aromatic rings. The minimum atomic E-state index is -4.51. The van der Waals surface area contributed by atoms with Crippen molar-refractivity contribution in [1.29, 1.82) is 0 Å². The Hall–Kier alpha value is -1.98. The number of hydrogen-bond acceptors (Lipinski definition) is 3. The second kappa shape index (κ2) is 4.72. The Morgan fingerprint density at radius 3 is 2.83 bits per heavy atom. The topological polar surface area (TPSA) is 29.5 Å². The van der Waals surface area contributed by atoms with E-state index in [-0.39, 0.29) is 5.57 Å². The summed E-state index contributed by atoms with van der Waals surface area (Å²) in [5.74, 6) is -0.969. The number of carbonyl (C=O) groups is 1. The van der Waals surface area contributed by atoms with Crippen LogP contribution < -0.4 is 0 Å². The van der Waals surface area contributed by atoms with E-state index in [0.717, 1.165) is 0 Å². The summed E-state index contributed by atoms with van der Waals surface area (Å²) in [6.07, 6.45) is 5.55. The second-order valence-electron chi connectivity index (χ2n) is 3.75. The maximum Gasteiger partial charge on any atom is 0.422 e. The zero-order valence-electron chi connectivity index (χ0n) is 9.28. The Morgan fingerprint density at radius 1 is 1.33 bits per heavy atom. The predicted molar refractivity (Wildman–Crippen MR) is 58.2 cm³/mol. The third kappa shape index (κ3) is 2.82. The molecular formula is C12H10F3NO2. The molecule has 0 spiro atoms. The van der Waals surface area contributed by atoms with Crippen LogP contribution in [0.5, 0.6) is 0 Å². The Kier molecular flexibility index (Phi) is 3.27. The zero-order valence-corrected chi connectivity index (χ0v) is 9.28. The fourth-order valence-electron chi connectivity index (χ4n) is 1.65. The van der Waals surface area contributed by atoms with Gasteiger partial charge in [0.1, 0.15) is 0 Å². The van der Waals surface area contributed by atoms with Gasteiger partial charge in [-0.1, -0.05) is 12.2 Å². The van der Waals surface area contributed by atoms with Gasteiger partial charge < -0.3 is 9.64 Å². The summed E-state index contributed by atoms with van der Waals surface area (Å²) in [7, 11) is 0. The van der Waals surface area contributed by atoms with Gasteiger partial charge in [-0.3, -0.25) is 0 Å². The quantitative estimate of drug-likeness (QED) is 0.711. The first kappa shape index (κ1) is 12.5. The van der Waals surface area contributed by atoms with E-state index in [1.54, 1.807) is 35.4 Å². The third-order valence-electron chi connectivity index (χ3n) is 2.39. The Balaban J connectivity index is 2.14. The van der Waals surface area contributed by atoms with E-state index in [1.807, 2.05) is 0 Å². The van der Waals surface area contributed by atoms with Crippen LogP contribution in [0.25, 0.3) is 0 Å². The highest BCUT2D eigenvalue weighted by atomic mass is 19.4. The summed E-state index contributed by atoms with van der Waals surface area (Å²) >= 11 is 0. The monoisotopic (exact) mass is 257 g/mol. The number of halogens is 3. The van der Waals surface area contributed by atoms with Gasteiger partial charge in [-0.15, -0.1) is 0 Å². The van der Waals surface area contributed by atoms with Gasteiger partial charge in [0, 0.05) is 12.7 Å². The second-order valence-corrected chi connectivity index (χ2v) is 3.75. The maximum absolute atomic E-state index is 12.0. The van der Waals surface area contributed by atoms with Crippen LogP contribution in [0.4, 0.5) is 13.2 Å². The maximum atomic E-state index is 12.0. The number of carbonyl (C=O) groups excluding carboxylic acids is 1. The Labute approximate surface area is 102 Å². The number of fused-ring (bicyclic) bond motifs is 1. The standard InChI is InChI=1S/C12H10F3NO2/c13-12(14,15)8-18-11(17)9-4-3-7-16-6-2-1-5-10(9)16/h1-6H,7-8H2. The number of esters is 1. The van der Waals surface area contributed by atoms with Crippen LogP contribution >= 0.6 is 0 Å². The molecule has 0 amide bonds. The lowest BCUT2D eigenvalue weighted by Gasteiger charge is -2.26. The molecule has 0 unspecified atom stereocenters. The van der Waals surface area contributed by atoms with Gasteiger partial charge in [0.2, 0.25) is 0 Å². The lowest BCUT2D eigenvalue weighted by Crippen LogP contribution is -2.26. The molecule has 96 valence electrons. The van der Waals surface area contributed by atoms with Crippen molar-refractivity contribution < 1.29 is 22.7 Å². The van der Waals surface area contributed by atoms with Gasteiger partial charge in [0.15, 0.2) is 6.61 Å². The fourth-order valence-corrected chi connectivity index (χ4v) is 1.65. The van der Waals surface area contributed by atoms with Crippen LogP contribution in [0.2, 0.25) is 0 Å². The molecule has 18 heavy (non-hydrogen) atoms. The molecule has 0 aromatic heterocycles. The highest BCUT2D eigenvalue weighted by Crippen LogP contribution is 2.23. The largest absolute Gasteiger partial charge is 0.452 e. The summed E-state index contributed by atoms with van der Waals surface area (Å²) in [6, 6.07) is 0. The van der Waals surface area contributed by atoms with Crippen LogP contribution in [0.1, 0.15) is 0 Å². The summed E-state index contributed by atoms with van der Waals surface area (Å²) in [5.41, 5.74) is 0.679. The van der Waals surface area contributed by atoms with Crippen molar-refractivity contribution in [2.75, 3.05) is 13.2 Å². The molecule has 0 atom stereocenters. The third-order valence-corrected chi connectivity index (χ3v) is 2.39. The SMILES string of the molecule is O=C(OCC(F)(F)F)C1=C2C=CC=CN2CC=C1. The summed E-state index contributed by atoms with van der Waals surface area (Å²) in [6.45, 7) is -0.998. The summed E-state index contributed by atoms with van der Waals surface area (Å²) < 4.78 is 40.1. The smallest absolute Gasteiger partial charge is 0.422 e. The normalized spacial score (nSPS) is 18.1. The van der Waals surface area contributed by atoms with Crippen LogP contribution in [0.15, 0.2) is 47.9 Å². The average molecular weight is 257 g/mol. The molecule has 6 heteroatoms. The molecule has 2 heterocycles. The average Bonchev–Trinajstić information content (AvgIpc) is 2.34. The molecule has 2 rings (SSSR count). The van der Waals surface area contributed by atoms with E-state index < -0.39 is 18.8 Å². The predicted octanol–water partition coefficient (Wildman–Crippen LogP) is 2.30. The molecule has 0 N–H and O–H groups in total. The number of allylic oxidation sites excluding steroid dienone is 3. The van der Waals surface area contributed by atoms with Gasteiger partial charge in [0.25, 0.3) is 0 Å². The van der Waals surface area contributed by atoms with E-state index >= 15 is 0 Å². The summed E-state index contributed by atoms with van der Waals surface area (Å²) in [4.78, 5) is 13.3. The van der Waals surface area contributed by atoms with Gasteiger partial charge in [-0.25, -0.2) is 4.79 Å². The molecule has 0 aromatic carbocycles. The van der Waals surface area contributed by atoms with E-state index in [9.17, 15) is 18.0 Å². The molecule has 0 aliphatic carbocycles. The fraction of sp³-hybridized carbons (Fsp3) is 0.250. The first-order chi connectivity index (χ1) is 8.47. The van der Waals surface area contributed by atoms with Gasteiger partial charge in [-0.05, 0) is 18.2 Å². The minimum Gasteiger partial charge on any atom is -0.452 e. The van der Waals surface area contributed by atoms with Crippen LogP contribution in [0, 0.1) is 0 Å². The highest BCUT2D eigenvalue weighted by molar-refractivity contribution is 5.93. The van der Waals surface area contributed by atoms with E-state index in [4.69, 9.17) is 0 Å².